The van der Waals surface area contributed by atoms with Gasteiger partial charge in [-0.1, -0.05) is 32.1 Å². The van der Waals surface area contributed by atoms with E-state index in [1.54, 1.807) is 0 Å². The molecule has 1 rings (SSSR count). The van der Waals surface area contributed by atoms with Crippen molar-refractivity contribution in [3.63, 3.8) is 0 Å². The summed E-state index contributed by atoms with van der Waals surface area (Å²) in [7, 11) is 0. The Kier molecular flexibility index (Phi) is 8.49. The van der Waals surface area contributed by atoms with Gasteiger partial charge in [-0.25, -0.2) is 0 Å². The Morgan fingerprint density at radius 1 is 0.864 bits per heavy atom. The van der Waals surface area contributed by atoms with Gasteiger partial charge in [0.25, 0.3) is 0 Å². The molecule has 3 nitrogen and oxygen atoms in total. The molecule has 0 aliphatic carbocycles. The highest BCUT2D eigenvalue weighted by atomic mass is 16.5. The van der Waals surface area contributed by atoms with Gasteiger partial charge in [-0.15, -0.1) is 0 Å². The Labute approximate surface area is 135 Å². The molecule has 0 radical (unpaired) electrons. The first kappa shape index (κ1) is 18.4. The molecule has 1 unspecified atom stereocenters. The van der Waals surface area contributed by atoms with Crippen LogP contribution in [0, 0.1) is 0 Å². The lowest BCUT2D eigenvalue weighted by Crippen LogP contribution is -2.06. The van der Waals surface area contributed by atoms with Crippen LogP contribution in [0.2, 0.25) is 0 Å². The maximum absolute atomic E-state index is 5.91. The van der Waals surface area contributed by atoms with Crippen molar-refractivity contribution in [1.29, 1.82) is 0 Å². The Hall–Kier alpha value is -1.64. The Balaban J connectivity index is 3.19. The Morgan fingerprint density at radius 3 is 2.09 bits per heavy atom. The second kappa shape index (κ2) is 10.1. The molecule has 1 aromatic rings. The number of benzene rings is 1. The van der Waals surface area contributed by atoms with E-state index in [0.717, 1.165) is 30.1 Å². The lowest BCUT2D eigenvalue weighted by atomic mass is 9.95. The van der Waals surface area contributed by atoms with Crippen LogP contribution < -0.4 is 14.2 Å². The van der Waals surface area contributed by atoms with Crippen molar-refractivity contribution in [2.24, 2.45) is 0 Å². The summed E-state index contributed by atoms with van der Waals surface area (Å²) in [6.45, 7) is 12.1. The molecule has 0 aliphatic heterocycles. The highest BCUT2D eigenvalue weighted by Gasteiger charge is 2.20. The van der Waals surface area contributed by atoms with Crippen LogP contribution >= 0.6 is 0 Å². The predicted octanol–water partition coefficient (Wildman–Crippen LogP) is 5.34. The van der Waals surface area contributed by atoms with Crippen molar-refractivity contribution < 1.29 is 14.2 Å². The fourth-order valence-corrected chi connectivity index (χ4v) is 2.39. The summed E-state index contributed by atoms with van der Waals surface area (Å²) >= 11 is 0. The van der Waals surface area contributed by atoms with Crippen LogP contribution in [0.25, 0.3) is 0 Å². The third-order valence-electron chi connectivity index (χ3n) is 3.41. The van der Waals surface area contributed by atoms with Crippen molar-refractivity contribution >= 4 is 0 Å². The van der Waals surface area contributed by atoms with Crippen molar-refractivity contribution in [3.8, 4) is 17.2 Å². The van der Waals surface area contributed by atoms with E-state index in [4.69, 9.17) is 14.2 Å². The minimum Gasteiger partial charge on any atom is -0.490 e. The quantitative estimate of drug-likeness (QED) is 0.546. The second-order valence-corrected chi connectivity index (χ2v) is 5.13. The van der Waals surface area contributed by atoms with E-state index in [2.05, 4.69) is 32.1 Å². The van der Waals surface area contributed by atoms with Gasteiger partial charge >= 0.3 is 0 Å². The van der Waals surface area contributed by atoms with E-state index in [-0.39, 0.29) is 0 Å². The molecule has 0 heterocycles. The molecule has 0 aromatic heterocycles. The van der Waals surface area contributed by atoms with Crippen molar-refractivity contribution in [3.05, 3.63) is 29.8 Å². The highest BCUT2D eigenvalue weighted by Crippen LogP contribution is 2.43. The first-order valence-electron chi connectivity index (χ1n) is 8.39. The third-order valence-corrected chi connectivity index (χ3v) is 3.41. The summed E-state index contributed by atoms with van der Waals surface area (Å²) in [5, 5.41) is 0. The highest BCUT2D eigenvalue weighted by molar-refractivity contribution is 5.57. The number of hydrogen-bond acceptors (Lipinski definition) is 3. The standard InChI is InChI=1S/C19H30O3/c1-6-10-11-12-15(5)16-13-14-17(20-7-2)19(22-9-4)18(16)21-8-3/h10-11,13-15H,6-9,12H2,1-5H3/b11-10-. The summed E-state index contributed by atoms with van der Waals surface area (Å²) < 4.78 is 17.4. The molecular formula is C19H30O3. The first-order valence-corrected chi connectivity index (χ1v) is 8.39. The van der Waals surface area contributed by atoms with Gasteiger partial charge in [0.1, 0.15) is 0 Å². The van der Waals surface area contributed by atoms with E-state index in [1.165, 1.54) is 5.56 Å². The van der Waals surface area contributed by atoms with E-state index >= 15 is 0 Å². The second-order valence-electron chi connectivity index (χ2n) is 5.13. The van der Waals surface area contributed by atoms with Crippen molar-refractivity contribution in [2.45, 2.75) is 53.4 Å². The minimum atomic E-state index is 0.374. The topological polar surface area (TPSA) is 27.7 Å². The zero-order chi connectivity index (χ0) is 16.4. The zero-order valence-electron chi connectivity index (χ0n) is 14.6. The third kappa shape index (κ3) is 4.97. The van der Waals surface area contributed by atoms with Crippen LogP contribution in [0.3, 0.4) is 0 Å². The zero-order valence-corrected chi connectivity index (χ0v) is 14.6. The number of hydrogen-bond donors (Lipinski definition) is 0. The van der Waals surface area contributed by atoms with E-state index in [9.17, 15) is 0 Å². The number of ether oxygens (including phenoxy) is 3. The van der Waals surface area contributed by atoms with Gasteiger partial charge in [0.2, 0.25) is 5.75 Å². The molecule has 0 spiro atoms. The molecule has 22 heavy (non-hydrogen) atoms. The van der Waals surface area contributed by atoms with E-state index < -0.39 is 0 Å². The molecule has 0 bridgehead atoms. The maximum atomic E-state index is 5.91. The predicted molar refractivity (Wildman–Crippen MR) is 92.4 cm³/mol. The molecule has 0 aliphatic rings. The van der Waals surface area contributed by atoms with Crippen LogP contribution in [-0.2, 0) is 0 Å². The summed E-state index contributed by atoms with van der Waals surface area (Å²) in [6.07, 6.45) is 6.50. The lowest BCUT2D eigenvalue weighted by Gasteiger charge is -2.21. The summed E-state index contributed by atoms with van der Waals surface area (Å²) in [6, 6.07) is 4.09. The molecule has 1 aromatic carbocycles. The van der Waals surface area contributed by atoms with Crippen LogP contribution in [0.4, 0.5) is 0 Å². The average molecular weight is 306 g/mol. The van der Waals surface area contributed by atoms with Crippen molar-refractivity contribution in [2.75, 3.05) is 19.8 Å². The van der Waals surface area contributed by atoms with Crippen LogP contribution in [0.15, 0.2) is 24.3 Å². The molecule has 1 atom stereocenters. The van der Waals surface area contributed by atoms with Gasteiger partial charge in [0, 0.05) is 5.56 Å². The minimum absolute atomic E-state index is 0.374. The van der Waals surface area contributed by atoms with Gasteiger partial charge < -0.3 is 14.2 Å². The molecule has 124 valence electrons. The normalized spacial score (nSPS) is 12.4. The van der Waals surface area contributed by atoms with Gasteiger partial charge in [-0.2, -0.15) is 0 Å². The largest absolute Gasteiger partial charge is 0.490 e. The molecule has 0 amide bonds. The summed E-state index contributed by atoms with van der Waals surface area (Å²) in [5.41, 5.74) is 1.18. The fourth-order valence-electron chi connectivity index (χ4n) is 2.39. The first-order chi connectivity index (χ1) is 10.7. The molecule has 3 heteroatoms. The Morgan fingerprint density at radius 2 is 1.50 bits per heavy atom. The molecular weight excluding hydrogens is 276 g/mol. The molecule has 0 N–H and O–H groups in total. The fraction of sp³-hybridized carbons (Fsp3) is 0.579. The Bertz CT molecular complexity index is 466. The summed E-state index contributed by atoms with van der Waals surface area (Å²) in [5.74, 6) is 2.69. The van der Waals surface area contributed by atoms with Crippen LogP contribution in [0.1, 0.15) is 58.9 Å². The lowest BCUT2D eigenvalue weighted by molar-refractivity contribution is 0.258. The molecule has 0 saturated carbocycles. The molecule has 0 saturated heterocycles. The van der Waals surface area contributed by atoms with Gasteiger partial charge in [-0.3, -0.25) is 0 Å². The van der Waals surface area contributed by atoms with Gasteiger partial charge in [-0.05, 0) is 45.6 Å². The molecule has 0 fully saturated rings. The SMILES string of the molecule is CC/C=C\CC(C)c1ccc(OCC)c(OCC)c1OCC. The van der Waals surface area contributed by atoms with Crippen molar-refractivity contribution in [1.82, 2.24) is 0 Å². The summed E-state index contributed by atoms with van der Waals surface area (Å²) in [4.78, 5) is 0. The monoisotopic (exact) mass is 306 g/mol. The van der Waals surface area contributed by atoms with Crippen LogP contribution in [-0.4, -0.2) is 19.8 Å². The average Bonchev–Trinajstić information content (AvgIpc) is 2.51. The van der Waals surface area contributed by atoms with Gasteiger partial charge in [0.05, 0.1) is 19.8 Å². The van der Waals surface area contributed by atoms with E-state index in [1.807, 2.05) is 26.8 Å². The number of rotatable bonds is 10. The maximum Gasteiger partial charge on any atom is 0.203 e. The number of allylic oxidation sites excluding steroid dienone is 2. The van der Waals surface area contributed by atoms with E-state index in [0.29, 0.717) is 25.7 Å². The van der Waals surface area contributed by atoms with Gasteiger partial charge in [0.15, 0.2) is 11.5 Å². The smallest absolute Gasteiger partial charge is 0.203 e. The van der Waals surface area contributed by atoms with Crippen LogP contribution in [0.5, 0.6) is 17.2 Å².